The number of aromatic nitrogens is 2. The third kappa shape index (κ3) is 4.23. The minimum absolute atomic E-state index is 0.127. The topological polar surface area (TPSA) is 41.4 Å². The molecule has 2 heterocycles. The van der Waals surface area contributed by atoms with E-state index >= 15 is 0 Å². The molecular formula is C19H26N4O. The molecule has 0 N–H and O–H groups in total. The first kappa shape index (κ1) is 16.7. The fourth-order valence-electron chi connectivity index (χ4n) is 3.15. The molecule has 5 nitrogen and oxygen atoms in total. The smallest absolute Gasteiger partial charge is 0.242 e. The van der Waals surface area contributed by atoms with Crippen molar-refractivity contribution in [2.45, 2.75) is 25.8 Å². The van der Waals surface area contributed by atoms with Crippen molar-refractivity contribution in [2.75, 3.05) is 33.2 Å². The van der Waals surface area contributed by atoms with Gasteiger partial charge in [-0.25, -0.2) is 4.98 Å². The standard InChI is InChI=1S/C19H26N4O/c1-21(14-15-22-11-6-3-7-12-22)18(24)16-23-13-10-20-19(23)17-8-4-2-5-9-17/h2,4-5,8-10,13H,3,6-7,11-12,14-16H2,1H3. The van der Waals surface area contributed by atoms with Crippen LogP contribution < -0.4 is 0 Å². The summed E-state index contributed by atoms with van der Waals surface area (Å²) in [5, 5.41) is 0. The van der Waals surface area contributed by atoms with Crippen LogP contribution >= 0.6 is 0 Å². The second kappa shape index (κ2) is 8.11. The van der Waals surface area contributed by atoms with E-state index in [4.69, 9.17) is 0 Å². The average Bonchev–Trinajstić information content (AvgIpc) is 3.09. The summed E-state index contributed by atoms with van der Waals surface area (Å²) in [5.41, 5.74) is 1.03. The van der Waals surface area contributed by atoms with Gasteiger partial charge in [0.1, 0.15) is 12.4 Å². The summed E-state index contributed by atoms with van der Waals surface area (Å²) in [4.78, 5) is 21.2. The summed E-state index contributed by atoms with van der Waals surface area (Å²) in [6.45, 7) is 4.43. The van der Waals surface area contributed by atoms with Crippen LogP contribution in [0.5, 0.6) is 0 Å². The molecule has 24 heavy (non-hydrogen) atoms. The van der Waals surface area contributed by atoms with Crippen molar-refractivity contribution >= 4 is 5.91 Å². The van der Waals surface area contributed by atoms with Gasteiger partial charge in [0.2, 0.25) is 5.91 Å². The molecule has 0 spiro atoms. The van der Waals surface area contributed by atoms with E-state index < -0.39 is 0 Å². The normalized spacial score (nSPS) is 15.4. The zero-order valence-electron chi connectivity index (χ0n) is 14.4. The summed E-state index contributed by atoms with van der Waals surface area (Å²) in [6.07, 6.45) is 7.54. The lowest BCUT2D eigenvalue weighted by Gasteiger charge is -2.28. The first-order chi connectivity index (χ1) is 11.7. The number of nitrogens with zero attached hydrogens (tertiary/aromatic N) is 4. The number of piperidine rings is 1. The van der Waals surface area contributed by atoms with Crippen LogP contribution in [-0.2, 0) is 11.3 Å². The zero-order valence-corrected chi connectivity index (χ0v) is 14.4. The predicted molar refractivity (Wildman–Crippen MR) is 95.6 cm³/mol. The van der Waals surface area contributed by atoms with E-state index in [0.29, 0.717) is 6.54 Å². The Balaban J connectivity index is 1.56. The van der Waals surface area contributed by atoms with Crippen molar-refractivity contribution in [1.29, 1.82) is 0 Å². The van der Waals surface area contributed by atoms with Gasteiger partial charge in [-0.3, -0.25) is 4.79 Å². The van der Waals surface area contributed by atoms with Gasteiger partial charge in [0.05, 0.1) is 0 Å². The van der Waals surface area contributed by atoms with Crippen LogP contribution in [0.1, 0.15) is 19.3 Å². The first-order valence-electron chi connectivity index (χ1n) is 8.77. The Morgan fingerprint density at radius 1 is 1.17 bits per heavy atom. The monoisotopic (exact) mass is 326 g/mol. The van der Waals surface area contributed by atoms with Gasteiger partial charge in [0.15, 0.2) is 0 Å². The number of benzene rings is 1. The highest BCUT2D eigenvalue weighted by Gasteiger charge is 2.15. The van der Waals surface area contributed by atoms with Crippen molar-refractivity contribution < 1.29 is 4.79 Å². The molecule has 3 rings (SSSR count). The fraction of sp³-hybridized carbons (Fsp3) is 0.474. The quantitative estimate of drug-likeness (QED) is 0.819. The summed E-state index contributed by atoms with van der Waals surface area (Å²) < 4.78 is 1.93. The Bertz CT molecular complexity index is 646. The van der Waals surface area contributed by atoms with Gasteiger partial charge in [0, 0.05) is 38.1 Å². The van der Waals surface area contributed by atoms with Crippen LogP contribution in [0, 0.1) is 0 Å². The van der Waals surface area contributed by atoms with Crippen molar-refractivity contribution in [3.05, 3.63) is 42.7 Å². The maximum absolute atomic E-state index is 12.5. The van der Waals surface area contributed by atoms with Gasteiger partial charge < -0.3 is 14.4 Å². The van der Waals surface area contributed by atoms with E-state index in [0.717, 1.165) is 24.5 Å². The zero-order chi connectivity index (χ0) is 16.8. The molecule has 0 atom stereocenters. The number of carbonyl (C=O) groups excluding carboxylic acids is 1. The van der Waals surface area contributed by atoms with Crippen LogP contribution in [0.25, 0.3) is 11.4 Å². The molecule has 1 fully saturated rings. The van der Waals surface area contributed by atoms with Gasteiger partial charge in [-0.05, 0) is 25.9 Å². The summed E-state index contributed by atoms with van der Waals surface area (Å²) in [5.74, 6) is 0.968. The third-order valence-electron chi connectivity index (χ3n) is 4.68. The number of amides is 1. The van der Waals surface area contributed by atoms with E-state index in [-0.39, 0.29) is 5.91 Å². The van der Waals surface area contributed by atoms with Crippen LogP contribution in [0.3, 0.4) is 0 Å². The summed E-state index contributed by atoms with van der Waals surface area (Å²) >= 11 is 0. The molecule has 0 radical (unpaired) electrons. The Labute approximate surface area is 143 Å². The number of imidazole rings is 1. The predicted octanol–water partition coefficient (Wildman–Crippen LogP) is 2.49. The Kier molecular flexibility index (Phi) is 5.64. The van der Waals surface area contributed by atoms with Gasteiger partial charge in [-0.2, -0.15) is 0 Å². The average molecular weight is 326 g/mol. The third-order valence-corrected chi connectivity index (χ3v) is 4.68. The highest BCUT2D eigenvalue weighted by molar-refractivity contribution is 5.76. The van der Waals surface area contributed by atoms with E-state index in [1.165, 1.54) is 32.4 Å². The Morgan fingerprint density at radius 3 is 2.67 bits per heavy atom. The molecule has 1 saturated heterocycles. The molecule has 1 aromatic heterocycles. The Hall–Kier alpha value is -2.14. The molecule has 0 saturated carbocycles. The molecule has 128 valence electrons. The molecule has 1 amide bonds. The van der Waals surface area contributed by atoms with Gasteiger partial charge in [-0.1, -0.05) is 36.8 Å². The van der Waals surface area contributed by atoms with Crippen molar-refractivity contribution in [2.24, 2.45) is 0 Å². The summed E-state index contributed by atoms with van der Waals surface area (Å²) in [6, 6.07) is 9.99. The van der Waals surface area contributed by atoms with Crippen molar-refractivity contribution in [3.63, 3.8) is 0 Å². The molecule has 5 heteroatoms. The molecule has 0 bridgehead atoms. The highest BCUT2D eigenvalue weighted by atomic mass is 16.2. The number of likely N-dealkylation sites (tertiary alicyclic amines) is 1. The van der Waals surface area contributed by atoms with E-state index in [9.17, 15) is 4.79 Å². The maximum Gasteiger partial charge on any atom is 0.242 e. The molecule has 2 aromatic rings. The number of carbonyl (C=O) groups is 1. The molecule has 1 aliphatic heterocycles. The van der Waals surface area contributed by atoms with Crippen LogP contribution in [-0.4, -0.2) is 58.5 Å². The number of hydrogen-bond donors (Lipinski definition) is 0. The van der Waals surface area contributed by atoms with Gasteiger partial charge >= 0.3 is 0 Å². The van der Waals surface area contributed by atoms with Crippen LogP contribution in [0.4, 0.5) is 0 Å². The van der Waals surface area contributed by atoms with Crippen molar-refractivity contribution in [3.8, 4) is 11.4 Å². The van der Waals surface area contributed by atoms with E-state index in [1.54, 1.807) is 6.20 Å². The second-order valence-electron chi connectivity index (χ2n) is 6.46. The van der Waals surface area contributed by atoms with E-state index in [1.807, 2.05) is 53.0 Å². The molecular weight excluding hydrogens is 300 g/mol. The molecule has 1 aromatic carbocycles. The SMILES string of the molecule is CN(CCN1CCCCC1)C(=O)Cn1ccnc1-c1ccccc1. The Morgan fingerprint density at radius 2 is 1.92 bits per heavy atom. The van der Waals surface area contributed by atoms with Gasteiger partial charge in [-0.15, -0.1) is 0 Å². The number of hydrogen-bond acceptors (Lipinski definition) is 3. The molecule has 0 unspecified atom stereocenters. The van der Waals surface area contributed by atoms with E-state index in [2.05, 4.69) is 9.88 Å². The lowest BCUT2D eigenvalue weighted by molar-refractivity contribution is -0.130. The lowest BCUT2D eigenvalue weighted by Crippen LogP contribution is -2.39. The van der Waals surface area contributed by atoms with Crippen molar-refractivity contribution in [1.82, 2.24) is 19.4 Å². The highest BCUT2D eigenvalue weighted by Crippen LogP contribution is 2.16. The number of likely N-dealkylation sites (N-methyl/N-ethyl adjacent to an activating group) is 1. The van der Waals surface area contributed by atoms with Crippen LogP contribution in [0.2, 0.25) is 0 Å². The molecule has 0 aliphatic carbocycles. The minimum atomic E-state index is 0.127. The lowest BCUT2D eigenvalue weighted by atomic mass is 10.1. The van der Waals surface area contributed by atoms with Crippen LogP contribution in [0.15, 0.2) is 42.7 Å². The molecule has 1 aliphatic rings. The largest absolute Gasteiger partial charge is 0.343 e. The maximum atomic E-state index is 12.5. The second-order valence-corrected chi connectivity index (χ2v) is 6.46. The number of rotatable bonds is 6. The summed E-state index contributed by atoms with van der Waals surface area (Å²) in [7, 11) is 1.89. The fourth-order valence-corrected chi connectivity index (χ4v) is 3.15. The first-order valence-corrected chi connectivity index (χ1v) is 8.77. The van der Waals surface area contributed by atoms with Gasteiger partial charge in [0.25, 0.3) is 0 Å². The minimum Gasteiger partial charge on any atom is -0.343 e.